The van der Waals surface area contributed by atoms with Crippen LogP contribution in [0.1, 0.15) is 310 Å². The van der Waals surface area contributed by atoms with E-state index in [4.69, 9.17) is 14.2 Å². The van der Waals surface area contributed by atoms with Crippen molar-refractivity contribution in [3.63, 3.8) is 0 Å². The van der Waals surface area contributed by atoms with Gasteiger partial charge in [-0.1, -0.05) is 298 Å². The van der Waals surface area contributed by atoms with E-state index in [9.17, 15) is 14.4 Å². The molecule has 0 bridgehead atoms. The van der Waals surface area contributed by atoms with E-state index in [2.05, 4.69) is 106 Å². The summed E-state index contributed by atoms with van der Waals surface area (Å²) in [5, 5.41) is 0. The van der Waals surface area contributed by atoms with Crippen LogP contribution in [0.25, 0.3) is 0 Å². The van der Waals surface area contributed by atoms with Crippen molar-refractivity contribution in [1.29, 1.82) is 0 Å². The van der Waals surface area contributed by atoms with E-state index in [1.165, 1.54) is 161 Å². The Bertz CT molecular complexity index is 1420. The summed E-state index contributed by atoms with van der Waals surface area (Å²) in [6.07, 6.45) is 81.5. The Morgan fingerprint density at radius 1 is 0.284 bits per heavy atom. The summed E-state index contributed by atoms with van der Waals surface area (Å²) in [4.78, 5) is 38.3. The van der Waals surface area contributed by atoms with Crippen molar-refractivity contribution in [3.05, 3.63) is 85.1 Å². The molecule has 0 fully saturated rings. The number of hydrogen-bond acceptors (Lipinski definition) is 6. The standard InChI is InChI=1S/C68H118O6/c1-4-7-10-13-16-19-22-25-28-30-31-32-33-34-35-36-37-39-40-43-46-49-52-55-58-61-67(70)73-64-65(63-72-66(69)60-57-54-51-48-45-42-27-24-21-18-15-12-9-6-3)74-68(71)62-59-56-53-50-47-44-41-38-29-26-23-20-17-14-11-8-5-2/h7,10,16,19,25,28,31-32,34-35,37,39,43,46,65H,4-6,8-9,11-15,17-18,20-24,26-27,29-30,33,36,38,40-42,44-45,47-64H2,1-3H3/b10-7-,19-16-,28-25-,32-31-,35-34-,39-37-,46-43-. The first-order chi connectivity index (χ1) is 36.5. The highest BCUT2D eigenvalue weighted by molar-refractivity contribution is 5.71. The minimum atomic E-state index is -0.788. The van der Waals surface area contributed by atoms with E-state index in [0.29, 0.717) is 19.3 Å². The molecule has 0 radical (unpaired) electrons. The number of rotatable bonds is 57. The normalized spacial score (nSPS) is 12.6. The van der Waals surface area contributed by atoms with Crippen LogP contribution in [0.5, 0.6) is 0 Å². The molecule has 0 spiro atoms. The van der Waals surface area contributed by atoms with Crippen molar-refractivity contribution >= 4 is 17.9 Å². The summed E-state index contributed by atoms with van der Waals surface area (Å²) >= 11 is 0. The SMILES string of the molecule is CC/C=C\C/C=C\C/C=C\C/C=C\C/C=C\C/C=C\C/C=C\CCCCCC(=O)OCC(COC(=O)CCCCCCCCCCCCCCCC)OC(=O)CCCCCCCCCCCCCCCCCCC. The van der Waals surface area contributed by atoms with Crippen molar-refractivity contribution in [3.8, 4) is 0 Å². The first kappa shape index (κ1) is 70.6. The first-order valence-corrected chi connectivity index (χ1v) is 31.6. The molecule has 0 aliphatic carbocycles. The monoisotopic (exact) mass is 1030 g/mol. The van der Waals surface area contributed by atoms with E-state index in [0.717, 1.165) is 109 Å². The van der Waals surface area contributed by atoms with E-state index >= 15 is 0 Å². The molecule has 6 heteroatoms. The highest BCUT2D eigenvalue weighted by Crippen LogP contribution is 2.17. The largest absolute Gasteiger partial charge is 0.462 e. The summed E-state index contributed by atoms with van der Waals surface area (Å²) in [7, 11) is 0. The maximum atomic E-state index is 12.9. The summed E-state index contributed by atoms with van der Waals surface area (Å²) in [6.45, 7) is 6.54. The Morgan fingerprint density at radius 2 is 0.527 bits per heavy atom. The summed E-state index contributed by atoms with van der Waals surface area (Å²) in [6, 6.07) is 0. The molecule has 0 N–H and O–H groups in total. The molecule has 0 amide bonds. The number of unbranched alkanes of at least 4 members (excludes halogenated alkanes) is 32. The zero-order valence-corrected chi connectivity index (χ0v) is 48.8. The Hall–Kier alpha value is -3.41. The molecule has 74 heavy (non-hydrogen) atoms. The molecule has 0 saturated carbocycles. The topological polar surface area (TPSA) is 78.9 Å². The first-order valence-electron chi connectivity index (χ1n) is 31.6. The Labute approximate surface area is 458 Å². The lowest BCUT2D eigenvalue weighted by atomic mass is 10.0. The average Bonchev–Trinajstić information content (AvgIpc) is 3.40. The molecule has 0 aliphatic heterocycles. The van der Waals surface area contributed by atoms with Crippen LogP contribution in [0, 0.1) is 0 Å². The van der Waals surface area contributed by atoms with Crippen LogP contribution in [0.3, 0.4) is 0 Å². The van der Waals surface area contributed by atoms with Gasteiger partial charge in [-0.15, -0.1) is 0 Å². The summed E-state index contributed by atoms with van der Waals surface area (Å²) in [5.41, 5.74) is 0. The fraction of sp³-hybridized carbons (Fsp3) is 0.750. The quantitative estimate of drug-likeness (QED) is 0.0261. The van der Waals surface area contributed by atoms with Gasteiger partial charge in [-0.25, -0.2) is 0 Å². The van der Waals surface area contributed by atoms with Gasteiger partial charge >= 0.3 is 17.9 Å². The van der Waals surface area contributed by atoms with Crippen LogP contribution in [-0.4, -0.2) is 37.2 Å². The van der Waals surface area contributed by atoms with E-state index < -0.39 is 6.10 Å². The molecule has 0 rings (SSSR count). The molecular weight excluding hydrogens is 913 g/mol. The van der Waals surface area contributed by atoms with Crippen LogP contribution in [0.2, 0.25) is 0 Å². The summed E-state index contributed by atoms with van der Waals surface area (Å²) in [5.74, 6) is -0.902. The number of carbonyl (C=O) groups is 3. The average molecular weight is 1030 g/mol. The Balaban J connectivity index is 4.40. The lowest BCUT2D eigenvalue weighted by Crippen LogP contribution is -2.30. The highest BCUT2D eigenvalue weighted by Gasteiger charge is 2.19. The maximum absolute atomic E-state index is 12.9. The highest BCUT2D eigenvalue weighted by atomic mass is 16.6. The molecule has 0 aliphatic rings. The molecule has 1 atom stereocenters. The fourth-order valence-corrected chi connectivity index (χ4v) is 8.95. The minimum Gasteiger partial charge on any atom is -0.462 e. The van der Waals surface area contributed by atoms with Crippen molar-refractivity contribution < 1.29 is 28.6 Å². The van der Waals surface area contributed by atoms with E-state index in [-0.39, 0.29) is 31.1 Å². The molecule has 0 aromatic carbocycles. The molecular formula is C68H118O6. The van der Waals surface area contributed by atoms with Crippen molar-refractivity contribution in [2.45, 2.75) is 316 Å². The third kappa shape index (κ3) is 59.5. The number of allylic oxidation sites excluding steroid dienone is 14. The molecule has 0 aromatic heterocycles. The fourth-order valence-electron chi connectivity index (χ4n) is 8.95. The second-order valence-corrected chi connectivity index (χ2v) is 21.0. The third-order valence-corrected chi connectivity index (χ3v) is 13.7. The van der Waals surface area contributed by atoms with Gasteiger partial charge in [0.25, 0.3) is 0 Å². The van der Waals surface area contributed by atoms with Gasteiger partial charge in [-0.3, -0.25) is 14.4 Å². The Kier molecular flexibility index (Phi) is 59.3. The molecule has 426 valence electrons. The molecule has 1 unspecified atom stereocenters. The third-order valence-electron chi connectivity index (χ3n) is 13.7. The predicted molar refractivity (Wildman–Crippen MR) is 321 cm³/mol. The van der Waals surface area contributed by atoms with Crippen LogP contribution in [0.15, 0.2) is 85.1 Å². The van der Waals surface area contributed by atoms with Gasteiger partial charge in [-0.2, -0.15) is 0 Å². The zero-order valence-electron chi connectivity index (χ0n) is 48.8. The Morgan fingerprint density at radius 3 is 0.824 bits per heavy atom. The van der Waals surface area contributed by atoms with Gasteiger partial charge in [-0.05, 0) is 77.0 Å². The second-order valence-electron chi connectivity index (χ2n) is 21.0. The van der Waals surface area contributed by atoms with Crippen LogP contribution < -0.4 is 0 Å². The van der Waals surface area contributed by atoms with Gasteiger partial charge in [0.1, 0.15) is 13.2 Å². The van der Waals surface area contributed by atoms with Crippen molar-refractivity contribution in [2.75, 3.05) is 13.2 Å². The number of esters is 3. The second kappa shape index (κ2) is 62.1. The molecule has 0 aromatic rings. The van der Waals surface area contributed by atoms with Gasteiger partial charge in [0.15, 0.2) is 6.10 Å². The zero-order chi connectivity index (χ0) is 53.6. The van der Waals surface area contributed by atoms with E-state index in [1.807, 2.05) is 0 Å². The molecule has 0 saturated heterocycles. The van der Waals surface area contributed by atoms with Gasteiger partial charge in [0, 0.05) is 19.3 Å². The van der Waals surface area contributed by atoms with Gasteiger partial charge < -0.3 is 14.2 Å². The van der Waals surface area contributed by atoms with Crippen molar-refractivity contribution in [1.82, 2.24) is 0 Å². The lowest BCUT2D eigenvalue weighted by molar-refractivity contribution is -0.167. The van der Waals surface area contributed by atoms with Crippen LogP contribution in [0.4, 0.5) is 0 Å². The van der Waals surface area contributed by atoms with Gasteiger partial charge in [0.05, 0.1) is 0 Å². The van der Waals surface area contributed by atoms with Gasteiger partial charge in [0.2, 0.25) is 0 Å². The molecule has 0 heterocycles. The summed E-state index contributed by atoms with van der Waals surface area (Å²) < 4.78 is 16.9. The number of hydrogen-bond donors (Lipinski definition) is 0. The van der Waals surface area contributed by atoms with Crippen molar-refractivity contribution in [2.24, 2.45) is 0 Å². The number of carbonyl (C=O) groups excluding carboxylic acids is 3. The lowest BCUT2D eigenvalue weighted by Gasteiger charge is -2.18. The van der Waals surface area contributed by atoms with Crippen LogP contribution in [-0.2, 0) is 28.6 Å². The predicted octanol–water partition coefficient (Wildman–Crippen LogP) is 21.5. The van der Waals surface area contributed by atoms with Crippen LogP contribution >= 0.6 is 0 Å². The minimum absolute atomic E-state index is 0.0829. The van der Waals surface area contributed by atoms with E-state index in [1.54, 1.807) is 0 Å². The maximum Gasteiger partial charge on any atom is 0.306 e. The number of ether oxygens (including phenoxy) is 3. The smallest absolute Gasteiger partial charge is 0.306 e. The molecule has 6 nitrogen and oxygen atoms in total.